The third-order valence-corrected chi connectivity index (χ3v) is 4.18. The van der Waals surface area contributed by atoms with Crippen molar-refractivity contribution in [2.75, 3.05) is 26.7 Å². The number of nitrogens with zero attached hydrogens (tertiary/aromatic N) is 1. The van der Waals surface area contributed by atoms with Crippen LogP contribution >= 0.6 is 0 Å². The fourth-order valence-corrected chi connectivity index (χ4v) is 2.59. The van der Waals surface area contributed by atoms with Crippen LogP contribution in [-0.4, -0.2) is 55.2 Å². The lowest BCUT2D eigenvalue weighted by atomic mass is 9.96. The second-order valence-electron chi connectivity index (χ2n) is 6.26. The Labute approximate surface area is 115 Å². The molecule has 5 nitrogen and oxygen atoms in total. The lowest BCUT2D eigenvalue weighted by Crippen LogP contribution is -2.55. The highest BCUT2D eigenvalue weighted by Crippen LogP contribution is 2.24. The molecule has 0 aromatic heterocycles. The summed E-state index contributed by atoms with van der Waals surface area (Å²) in [6.07, 6.45) is 5.75. The summed E-state index contributed by atoms with van der Waals surface area (Å²) in [5, 5.41) is 3.38. The van der Waals surface area contributed by atoms with Crippen LogP contribution in [0, 0.1) is 0 Å². The summed E-state index contributed by atoms with van der Waals surface area (Å²) in [6, 6.07) is 0.487. The number of primary amides is 1. The van der Waals surface area contributed by atoms with E-state index in [2.05, 4.69) is 17.3 Å². The summed E-state index contributed by atoms with van der Waals surface area (Å²) >= 11 is 0. The highest BCUT2D eigenvalue weighted by molar-refractivity contribution is 5.84. The van der Waals surface area contributed by atoms with E-state index in [1.165, 1.54) is 6.42 Å². The molecule has 1 aliphatic heterocycles. The predicted molar refractivity (Wildman–Crippen MR) is 74.8 cm³/mol. The number of ether oxygens (including phenoxy) is 1. The second kappa shape index (κ2) is 6.20. The van der Waals surface area contributed by atoms with Gasteiger partial charge in [-0.1, -0.05) is 0 Å². The van der Waals surface area contributed by atoms with Crippen molar-refractivity contribution in [1.82, 2.24) is 10.2 Å². The Morgan fingerprint density at radius 3 is 2.74 bits per heavy atom. The molecule has 2 rings (SSSR count). The normalized spacial score (nSPS) is 26.6. The average molecular weight is 269 g/mol. The highest BCUT2D eigenvalue weighted by Gasteiger charge is 2.36. The molecule has 1 heterocycles. The van der Waals surface area contributed by atoms with Gasteiger partial charge >= 0.3 is 0 Å². The van der Waals surface area contributed by atoms with Crippen molar-refractivity contribution in [3.63, 3.8) is 0 Å². The molecule has 2 fully saturated rings. The van der Waals surface area contributed by atoms with Crippen LogP contribution in [0.3, 0.4) is 0 Å². The first-order valence-corrected chi connectivity index (χ1v) is 7.37. The minimum atomic E-state index is -0.577. The SMILES string of the molecule is CN(CCC(C)(NC1CC1)C(N)=O)CC1CCCO1. The number of nitrogens with two attached hydrogens (primary N) is 1. The van der Waals surface area contributed by atoms with E-state index in [1.54, 1.807) is 0 Å². The number of nitrogens with one attached hydrogen (secondary N) is 1. The van der Waals surface area contributed by atoms with Gasteiger partial charge in [0.25, 0.3) is 0 Å². The molecule has 1 saturated heterocycles. The monoisotopic (exact) mass is 269 g/mol. The minimum Gasteiger partial charge on any atom is -0.377 e. The Morgan fingerprint density at radius 2 is 2.21 bits per heavy atom. The lowest BCUT2D eigenvalue weighted by Gasteiger charge is -2.30. The van der Waals surface area contributed by atoms with Crippen LogP contribution in [0.1, 0.15) is 39.0 Å². The molecule has 1 amide bonds. The van der Waals surface area contributed by atoms with E-state index < -0.39 is 5.54 Å². The van der Waals surface area contributed by atoms with Gasteiger partial charge in [-0.05, 0) is 46.1 Å². The first-order chi connectivity index (χ1) is 8.99. The van der Waals surface area contributed by atoms with Crippen LogP contribution < -0.4 is 11.1 Å². The van der Waals surface area contributed by atoms with Crippen molar-refractivity contribution in [3.8, 4) is 0 Å². The van der Waals surface area contributed by atoms with Crippen molar-refractivity contribution >= 4 is 5.91 Å². The quantitative estimate of drug-likeness (QED) is 0.673. The average Bonchev–Trinajstić information content (AvgIpc) is 3.00. The Kier molecular flexibility index (Phi) is 4.81. The summed E-state index contributed by atoms with van der Waals surface area (Å²) in [5.41, 5.74) is 4.97. The molecule has 0 aromatic rings. The van der Waals surface area contributed by atoms with Gasteiger partial charge in [0.15, 0.2) is 0 Å². The van der Waals surface area contributed by atoms with E-state index in [1.807, 2.05) is 6.92 Å². The molecule has 5 heteroatoms. The molecular weight excluding hydrogens is 242 g/mol. The van der Waals surface area contributed by atoms with Crippen molar-refractivity contribution in [3.05, 3.63) is 0 Å². The Hall–Kier alpha value is -0.650. The maximum absolute atomic E-state index is 11.7. The Morgan fingerprint density at radius 1 is 1.47 bits per heavy atom. The summed E-state index contributed by atoms with van der Waals surface area (Å²) in [6.45, 7) is 4.62. The largest absolute Gasteiger partial charge is 0.377 e. The van der Waals surface area contributed by atoms with Crippen LogP contribution in [0.25, 0.3) is 0 Å². The molecule has 1 saturated carbocycles. The van der Waals surface area contributed by atoms with E-state index >= 15 is 0 Å². The summed E-state index contributed by atoms with van der Waals surface area (Å²) in [4.78, 5) is 13.9. The molecule has 0 radical (unpaired) electrons. The third-order valence-electron chi connectivity index (χ3n) is 4.18. The van der Waals surface area contributed by atoms with Crippen molar-refractivity contribution < 1.29 is 9.53 Å². The molecule has 2 aliphatic rings. The predicted octanol–water partition coefficient (Wildman–Crippen LogP) is 0.483. The standard InChI is InChI=1S/C14H27N3O2/c1-14(13(15)18,16-11-5-6-11)7-8-17(2)10-12-4-3-9-19-12/h11-12,16H,3-10H2,1-2H3,(H2,15,18). The number of rotatable bonds is 8. The van der Waals surface area contributed by atoms with E-state index in [0.717, 1.165) is 45.4 Å². The lowest BCUT2D eigenvalue weighted by molar-refractivity contribution is -0.124. The van der Waals surface area contributed by atoms with E-state index in [-0.39, 0.29) is 5.91 Å². The van der Waals surface area contributed by atoms with Gasteiger partial charge in [-0.2, -0.15) is 0 Å². The van der Waals surface area contributed by atoms with Crippen molar-refractivity contribution in [2.45, 2.75) is 56.7 Å². The maximum atomic E-state index is 11.7. The van der Waals surface area contributed by atoms with Crippen molar-refractivity contribution in [1.29, 1.82) is 0 Å². The first-order valence-electron chi connectivity index (χ1n) is 7.37. The summed E-state index contributed by atoms with van der Waals surface area (Å²) in [5.74, 6) is -0.245. The van der Waals surface area contributed by atoms with Gasteiger partial charge in [-0.3, -0.25) is 4.79 Å². The van der Waals surface area contributed by atoms with E-state index in [9.17, 15) is 4.79 Å². The number of carbonyl (C=O) groups is 1. The van der Waals surface area contributed by atoms with E-state index in [4.69, 9.17) is 10.5 Å². The zero-order valence-corrected chi connectivity index (χ0v) is 12.2. The number of hydrogen-bond acceptors (Lipinski definition) is 4. The van der Waals surface area contributed by atoms with Gasteiger partial charge in [-0.25, -0.2) is 0 Å². The fraction of sp³-hybridized carbons (Fsp3) is 0.929. The van der Waals surface area contributed by atoms with Crippen LogP contribution in [0.4, 0.5) is 0 Å². The summed E-state index contributed by atoms with van der Waals surface area (Å²) < 4.78 is 5.63. The van der Waals surface area contributed by atoms with E-state index in [0.29, 0.717) is 12.1 Å². The second-order valence-corrected chi connectivity index (χ2v) is 6.26. The van der Waals surface area contributed by atoms with Gasteiger partial charge in [0.1, 0.15) is 0 Å². The van der Waals surface area contributed by atoms with Gasteiger partial charge in [0.2, 0.25) is 5.91 Å². The molecule has 0 spiro atoms. The Bertz CT molecular complexity index is 314. The topological polar surface area (TPSA) is 67.6 Å². The van der Waals surface area contributed by atoms with Crippen LogP contribution in [-0.2, 0) is 9.53 Å². The molecule has 3 N–H and O–H groups in total. The zero-order chi connectivity index (χ0) is 13.9. The zero-order valence-electron chi connectivity index (χ0n) is 12.2. The Balaban J connectivity index is 1.75. The van der Waals surface area contributed by atoms with Crippen LogP contribution in [0.5, 0.6) is 0 Å². The number of amides is 1. The molecule has 1 aliphatic carbocycles. The van der Waals surface area contributed by atoms with Crippen molar-refractivity contribution in [2.24, 2.45) is 5.73 Å². The molecule has 0 aromatic carbocycles. The minimum absolute atomic E-state index is 0.245. The van der Waals surface area contributed by atoms with Gasteiger partial charge in [0.05, 0.1) is 11.6 Å². The summed E-state index contributed by atoms with van der Waals surface area (Å²) in [7, 11) is 2.08. The molecule has 0 bridgehead atoms. The maximum Gasteiger partial charge on any atom is 0.237 e. The van der Waals surface area contributed by atoms with Gasteiger partial charge in [-0.15, -0.1) is 0 Å². The smallest absolute Gasteiger partial charge is 0.237 e. The molecular formula is C14H27N3O2. The molecule has 2 unspecified atom stereocenters. The fourth-order valence-electron chi connectivity index (χ4n) is 2.59. The van der Waals surface area contributed by atoms with Gasteiger partial charge < -0.3 is 20.7 Å². The van der Waals surface area contributed by atoms with Crippen LogP contribution in [0.15, 0.2) is 0 Å². The highest BCUT2D eigenvalue weighted by atomic mass is 16.5. The third kappa shape index (κ3) is 4.44. The first kappa shape index (κ1) is 14.8. The van der Waals surface area contributed by atoms with Crippen LogP contribution in [0.2, 0.25) is 0 Å². The molecule has 19 heavy (non-hydrogen) atoms. The van der Waals surface area contributed by atoms with Gasteiger partial charge in [0, 0.05) is 25.7 Å². The number of hydrogen-bond donors (Lipinski definition) is 2. The molecule has 110 valence electrons. The molecule has 2 atom stereocenters. The number of carbonyl (C=O) groups excluding carboxylic acids is 1. The number of likely N-dealkylation sites (N-methyl/N-ethyl adjacent to an activating group) is 1.